The predicted octanol–water partition coefficient (Wildman–Crippen LogP) is 3.59. The van der Waals surface area contributed by atoms with E-state index in [-0.39, 0.29) is 5.78 Å². The minimum atomic E-state index is -0.0494. The zero-order chi connectivity index (χ0) is 13.7. The largest absolute Gasteiger partial charge is 0.359 e. The summed E-state index contributed by atoms with van der Waals surface area (Å²) in [6.07, 6.45) is 4.81. The van der Waals surface area contributed by atoms with Crippen LogP contribution in [0.25, 0.3) is 0 Å². The highest BCUT2D eigenvalue weighted by atomic mass is 16.1. The smallest absolute Gasteiger partial charge is 0.189 e. The molecule has 0 saturated heterocycles. The van der Waals surface area contributed by atoms with Gasteiger partial charge < -0.3 is 5.32 Å². The van der Waals surface area contributed by atoms with Crippen molar-refractivity contribution in [1.29, 1.82) is 0 Å². The summed E-state index contributed by atoms with van der Waals surface area (Å²) in [6, 6.07) is 11.5. The van der Waals surface area contributed by atoms with Crippen LogP contribution in [0, 0.1) is 6.92 Å². The molecule has 0 bridgehead atoms. The third-order valence-corrected chi connectivity index (χ3v) is 2.77. The number of pyridine rings is 1. The summed E-state index contributed by atoms with van der Waals surface area (Å²) in [7, 11) is 0. The number of rotatable bonds is 4. The Hall–Kier alpha value is -2.42. The average molecular weight is 252 g/mol. The van der Waals surface area contributed by atoms with Gasteiger partial charge in [0.15, 0.2) is 5.78 Å². The van der Waals surface area contributed by atoms with Crippen molar-refractivity contribution in [3.8, 4) is 0 Å². The Balaban J connectivity index is 2.12. The molecule has 0 aliphatic rings. The molecular weight excluding hydrogens is 236 g/mol. The average Bonchev–Trinajstić information content (AvgIpc) is 2.42. The number of hydrogen-bond acceptors (Lipinski definition) is 3. The lowest BCUT2D eigenvalue weighted by molar-refractivity contribution is 0.104. The molecule has 19 heavy (non-hydrogen) atoms. The Kier molecular flexibility index (Phi) is 4.08. The fourth-order valence-electron chi connectivity index (χ4n) is 1.75. The zero-order valence-electron chi connectivity index (χ0n) is 11.1. The van der Waals surface area contributed by atoms with Gasteiger partial charge in [0.1, 0.15) is 0 Å². The maximum atomic E-state index is 12.0. The summed E-state index contributed by atoms with van der Waals surface area (Å²) in [5.41, 5.74) is 3.55. The van der Waals surface area contributed by atoms with Crippen molar-refractivity contribution in [3.05, 3.63) is 71.7 Å². The van der Waals surface area contributed by atoms with Crippen molar-refractivity contribution in [2.24, 2.45) is 0 Å². The minimum Gasteiger partial charge on any atom is -0.359 e. The number of anilines is 1. The van der Waals surface area contributed by atoms with Crippen LogP contribution in [0.2, 0.25) is 0 Å². The number of carbonyl (C=O) groups is 1. The summed E-state index contributed by atoms with van der Waals surface area (Å²) in [6.45, 7) is 3.90. The maximum Gasteiger partial charge on any atom is 0.189 e. The molecule has 3 nitrogen and oxygen atoms in total. The standard InChI is InChI=1S/C16H16N2O/c1-12-6-3-4-8-15(12)18-13(2)10-16(19)14-7-5-9-17-11-14/h3-11,18H,1-2H3/b13-10+. The summed E-state index contributed by atoms with van der Waals surface area (Å²) in [5, 5.41) is 3.23. The number of aryl methyl sites for hydroxylation is 1. The van der Waals surface area contributed by atoms with E-state index in [0.717, 1.165) is 16.9 Å². The van der Waals surface area contributed by atoms with Gasteiger partial charge in [0.05, 0.1) is 0 Å². The molecule has 0 amide bonds. The van der Waals surface area contributed by atoms with Gasteiger partial charge >= 0.3 is 0 Å². The first-order chi connectivity index (χ1) is 9.16. The molecule has 0 fully saturated rings. The molecule has 1 N–H and O–H groups in total. The van der Waals surface area contributed by atoms with Gasteiger partial charge in [0.2, 0.25) is 0 Å². The van der Waals surface area contributed by atoms with Gasteiger partial charge in [-0.15, -0.1) is 0 Å². The molecule has 1 heterocycles. The van der Waals surface area contributed by atoms with E-state index in [1.54, 1.807) is 30.6 Å². The number of para-hydroxylation sites is 1. The number of ketones is 1. The third kappa shape index (κ3) is 3.52. The van der Waals surface area contributed by atoms with Crippen molar-refractivity contribution < 1.29 is 4.79 Å². The van der Waals surface area contributed by atoms with Crippen molar-refractivity contribution >= 4 is 11.5 Å². The van der Waals surface area contributed by atoms with Crippen LogP contribution in [0.1, 0.15) is 22.8 Å². The van der Waals surface area contributed by atoms with Gasteiger partial charge in [0.25, 0.3) is 0 Å². The van der Waals surface area contributed by atoms with Crippen LogP contribution in [-0.2, 0) is 0 Å². The molecule has 2 aromatic rings. The number of carbonyl (C=O) groups excluding carboxylic acids is 1. The molecule has 1 aromatic carbocycles. The van der Waals surface area contributed by atoms with E-state index >= 15 is 0 Å². The Morgan fingerprint density at radius 1 is 1.21 bits per heavy atom. The van der Waals surface area contributed by atoms with Crippen LogP contribution in [-0.4, -0.2) is 10.8 Å². The summed E-state index contributed by atoms with van der Waals surface area (Å²) in [5.74, 6) is -0.0494. The van der Waals surface area contributed by atoms with E-state index < -0.39 is 0 Å². The van der Waals surface area contributed by atoms with Crippen molar-refractivity contribution in [3.63, 3.8) is 0 Å². The molecule has 1 aromatic heterocycles. The molecular formula is C16H16N2O. The van der Waals surface area contributed by atoms with Crippen molar-refractivity contribution in [2.75, 3.05) is 5.32 Å². The molecule has 3 heteroatoms. The third-order valence-electron chi connectivity index (χ3n) is 2.77. The SMILES string of the molecule is C/C(=C\C(=O)c1cccnc1)Nc1ccccc1C. The number of nitrogens with one attached hydrogen (secondary N) is 1. The lowest BCUT2D eigenvalue weighted by Gasteiger charge is -2.09. The van der Waals surface area contributed by atoms with E-state index in [1.165, 1.54) is 0 Å². The van der Waals surface area contributed by atoms with E-state index in [9.17, 15) is 4.79 Å². The highest BCUT2D eigenvalue weighted by molar-refractivity contribution is 6.04. The zero-order valence-corrected chi connectivity index (χ0v) is 11.1. The van der Waals surface area contributed by atoms with E-state index in [4.69, 9.17) is 0 Å². The highest BCUT2D eigenvalue weighted by Gasteiger charge is 2.03. The number of aromatic nitrogens is 1. The number of allylic oxidation sites excluding steroid dienone is 2. The van der Waals surface area contributed by atoms with Crippen LogP contribution in [0.3, 0.4) is 0 Å². The maximum absolute atomic E-state index is 12.0. The lowest BCUT2D eigenvalue weighted by atomic mass is 10.1. The van der Waals surface area contributed by atoms with Gasteiger partial charge in [-0.3, -0.25) is 9.78 Å². The molecule has 0 unspecified atom stereocenters. The molecule has 96 valence electrons. The van der Waals surface area contributed by atoms with Gasteiger partial charge in [-0.2, -0.15) is 0 Å². The van der Waals surface area contributed by atoms with Crippen molar-refractivity contribution in [2.45, 2.75) is 13.8 Å². The molecule has 0 radical (unpaired) electrons. The number of hydrogen-bond donors (Lipinski definition) is 1. The second kappa shape index (κ2) is 5.96. The van der Waals surface area contributed by atoms with Gasteiger partial charge in [-0.1, -0.05) is 18.2 Å². The first kappa shape index (κ1) is 13.0. The van der Waals surface area contributed by atoms with Gasteiger partial charge in [-0.25, -0.2) is 0 Å². The van der Waals surface area contributed by atoms with Gasteiger partial charge in [0, 0.05) is 35.4 Å². The van der Waals surface area contributed by atoms with E-state index in [0.29, 0.717) is 5.56 Å². The molecule has 0 saturated carbocycles. The molecule has 0 atom stereocenters. The minimum absolute atomic E-state index is 0.0494. The van der Waals surface area contributed by atoms with E-state index in [1.807, 2.05) is 38.1 Å². The van der Waals surface area contributed by atoms with Crippen LogP contribution in [0.5, 0.6) is 0 Å². The van der Waals surface area contributed by atoms with Crippen LogP contribution >= 0.6 is 0 Å². The molecule has 2 rings (SSSR count). The molecule has 0 spiro atoms. The van der Waals surface area contributed by atoms with Crippen LogP contribution < -0.4 is 5.32 Å². The fourth-order valence-corrected chi connectivity index (χ4v) is 1.75. The highest BCUT2D eigenvalue weighted by Crippen LogP contribution is 2.15. The van der Waals surface area contributed by atoms with E-state index in [2.05, 4.69) is 10.3 Å². The summed E-state index contributed by atoms with van der Waals surface area (Å²) < 4.78 is 0. The molecule has 0 aliphatic carbocycles. The fraction of sp³-hybridized carbons (Fsp3) is 0.125. The van der Waals surface area contributed by atoms with Gasteiger partial charge in [-0.05, 0) is 37.6 Å². The summed E-state index contributed by atoms with van der Waals surface area (Å²) >= 11 is 0. The molecule has 0 aliphatic heterocycles. The van der Waals surface area contributed by atoms with Crippen LogP contribution in [0.4, 0.5) is 5.69 Å². The second-order valence-corrected chi connectivity index (χ2v) is 4.37. The number of benzene rings is 1. The topological polar surface area (TPSA) is 42.0 Å². The summed E-state index contributed by atoms with van der Waals surface area (Å²) in [4.78, 5) is 15.9. The normalized spacial score (nSPS) is 11.2. The first-order valence-corrected chi connectivity index (χ1v) is 6.12. The Morgan fingerprint density at radius 3 is 2.68 bits per heavy atom. The monoisotopic (exact) mass is 252 g/mol. The van der Waals surface area contributed by atoms with Crippen LogP contribution in [0.15, 0.2) is 60.6 Å². The Morgan fingerprint density at radius 2 is 2.00 bits per heavy atom. The quantitative estimate of drug-likeness (QED) is 0.668. The number of nitrogens with zero attached hydrogens (tertiary/aromatic N) is 1. The lowest BCUT2D eigenvalue weighted by Crippen LogP contribution is -2.02. The Bertz CT molecular complexity index is 603. The first-order valence-electron chi connectivity index (χ1n) is 6.12. The Labute approximate surface area is 113 Å². The van der Waals surface area contributed by atoms with Crippen molar-refractivity contribution in [1.82, 2.24) is 4.98 Å². The predicted molar refractivity (Wildman–Crippen MR) is 77.1 cm³/mol. The second-order valence-electron chi connectivity index (χ2n) is 4.37.